The summed E-state index contributed by atoms with van der Waals surface area (Å²) in [4.78, 5) is 14.8. The molecule has 2 unspecified atom stereocenters. The van der Waals surface area contributed by atoms with E-state index in [1.807, 2.05) is 6.92 Å². The Morgan fingerprint density at radius 2 is 2.50 bits per heavy atom. The van der Waals surface area contributed by atoms with Crippen LogP contribution < -0.4 is 5.32 Å². The first-order chi connectivity index (χ1) is 7.68. The van der Waals surface area contributed by atoms with Gasteiger partial charge in [-0.05, 0) is 25.5 Å². The monoisotopic (exact) mass is 222 g/mol. The fourth-order valence-electron chi connectivity index (χ4n) is 1.81. The van der Waals surface area contributed by atoms with Crippen molar-refractivity contribution in [2.75, 3.05) is 11.9 Å². The SMILES string of the molecule is CC1OCCC1Nc1cccnc1C(=O)O. The van der Waals surface area contributed by atoms with Gasteiger partial charge in [0, 0.05) is 12.8 Å². The molecular formula is C11H14N2O3. The average molecular weight is 222 g/mol. The second kappa shape index (κ2) is 4.49. The number of aromatic nitrogens is 1. The zero-order valence-corrected chi connectivity index (χ0v) is 9.01. The van der Waals surface area contributed by atoms with E-state index in [2.05, 4.69) is 10.3 Å². The van der Waals surface area contributed by atoms with Crippen LogP contribution in [0, 0.1) is 0 Å². The molecule has 0 aromatic carbocycles. The fraction of sp³-hybridized carbons (Fsp3) is 0.455. The maximum atomic E-state index is 10.9. The van der Waals surface area contributed by atoms with Crippen molar-refractivity contribution in [2.24, 2.45) is 0 Å². The zero-order valence-electron chi connectivity index (χ0n) is 9.01. The largest absolute Gasteiger partial charge is 0.476 e. The molecule has 0 aliphatic carbocycles. The number of nitrogens with zero attached hydrogens (tertiary/aromatic N) is 1. The summed E-state index contributed by atoms with van der Waals surface area (Å²) in [6, 6.07) is 3.60. The number of anilines is 1. The minimum Gasteiger partial charge on any atom is -0.476 e. The van der Waals surface area contributed by atoms with Crippen molar-refractivity contribution in [2.45, 2.75) is 25.5 Å². The first kappa shape index (κ1) is 10.9. The lowest BCUT2D eigenvalue weighted by Crippen LogP contribution is -2.27. The Bertz CT molecular complexity index is 395. The van der Waals surface area contributed by atoms with E-state index >= 15 is 0 Å². The molecular weight excluding hydrogens is 208 g/mol. The number of ether oxygens (including phenoxy) is 1. The third-order valence-corrected chi connectivity index (χ3v) is 2.73. The van der Waals surface area contributed by atoms with E-state index in [0.29, 0.717) is 12.3 Å². The van der Waals surface area contributed by atoms with Gasteiger partial charge >= 0.3 is 5.97 Å². The standard InChI is InChI=1S/C11H14N2O3/c1-7-8(4-6-16-7)13-9-3-2-5-12-10(9)11(14)15/h2-3,5,7-8,13H,4,6H2,1H3,(H,14,15). The predicted molar refractivity (Wildman–Crippen MR) is 58.6 cm³/mol. The van der Waals surface area contributed by atoms with Gasteiger partial charge in [-0.1, -0.05) is 0 Å². The molecule has 1 aromatic rings. The van der Waals surface area contributed by atoms with Crippen molar-refractivity contribution in [3.63, 3.8) is 0 Å². The number of rotatable bonds is 3. The highest BCUT2D eigenvalue weighted by molar-refractivity contribution is 5.91. The van der Waals surface area contributed by atoms with Crippen molar-refractivity contribution < 1.29 is 14.6 Å². The first-order valence-electron chi connectivity index (χ1n) is 5.25. The lowest BCUT2D eigenvalue weighted by Gasteiger charge is -2.18. The summed E-state index contributed by atoms with van der Waals surface area (Å²) < 4.78 is 5.41. The molecule has 16 heavy (non-hydrogen) atoms. The van der Waals surface area contributed by atoms with Crippen molar-refractivity contribution in [1.29, 1.82) is 0 Å². The average Bonchev–Trinajstić information content (AvgIpc) is 2.65. The summed E-state index contributed by atoms with van der Waals surface area (Å²) in [5, 5.41) is 12.1. The molecule has 1 aliphatic heterocycles. The minimum atomic E-state index is -1.02. The highest BCUT2D eigenvalue weighted by atomic mass is 16.5. The number of hydrogen-bond acceptors (Lipinski definition) is 4. The van der Waals surface area contributed by atoms with E-state index in [0.717, 1.165) is 6.42 Å². The molecule has 0 saturated carbocycles. The van der Waals surface area contributed by atoms with Crippen molar-refractivity contribution in [3.8, 4) is 0 Å². The Kier molecular flexibility index (Phi) is 3.05. The Morgan fingerprint density at radius 1 is 1.69 bits per heavy atom. The summed E-state index contributed by atoms with van der Waals surface area (Å²) >= 11 is 0. The predicted octanol–water partition coefficient (Wildman–Crippen LogP) is 1.37. The molecule has 0 bridgehead atoms. The van der Waals surface area contributed by atoms with E-state index in [1.165, 1.54) is 6.20 Å². The molecule has 0 amide bonds. The number of pyridine rings is 1. The molecule has 1 aliphatic rings. The van der Waals surface area contributed by atoms with Crippen molar-refractivity contribution in [1.82, 2.24) is 4.98 Å². The summed E-state index contributed by atoms with van der Waals surface area (Å²) in [5.41, 5.74) is 0.610. The van der Waals surface area contributed by atoms with Gasteiger partial charge in [0.15, 0.2) is 5.69 Å². The van der Waals surface area contributed by atoms with Gasteiger partial charge < -0.3 is 15.2 Å². The molecule has 5 heteroatoms. The molecule has 1 fully saturated rings. The number of carboxylic acids is 1. The van der Waals surface area contributed by atoms with Crippen LogP contribution in [0.15, 0.2) is 18.3 Å². The fourth-order valence-corrected chi connectivity index (χ4v) is 1.81. The Morgan fingerprint density at radius 3 is 3.12 bits per heavy atom. The van der Waals surface area contributed by atoms with Crippen LogP contribution in [-0.4, -0.2) is 34.8 Å². The lowest BCUT2D eigenvalue weighted by atomic mass is 10.1. The van der Waals surface area contributed by atoms with Crippen molar-refractivity contribution >= 4 is 11.7 Å². The maximum absolute atomic E-state index is 10.9. The highest BCUT2D eigenvalue weighted by Crippen LogP contribution is 2.20. The Hall–Kier alpha value is -1.62. The van der Waals surface area contributed by atoms with Crippen molar-refractivity contribution in [3.05, 3.63) is 24.0 Å². The van der Waals surface area contributed by atoms with Crippen LogP contribution >= 0.6 is 0 Å². The first-order valence-corrected chi connectivity index (χ1v) is 5.25. The molecule has 1 saturated heterocycles. The van der Waals surface area contributed by atoms with E-state index < -0.39 is 5.97 Å². The van der Waals surface area contributed by atoms with Gasteiger partial charge in [0.2, 0.25) is 0 Å². The topological polar surface area (TPSA) is 71.5 Å². The molecule has 2 N–H and O–H groups in total. The number of nitrogens with one attached hydrogen (secondary N) is 1. The summed E-state index contributed by atoms with van der Waals surface area (Å²) in [5.74, 6) is -1.02. The van der Waals surface area contributed by atoms with Gasteiger partial charge in [0.25, 0.3) is 0 Å². The van der Waals surface area contributed by atoms with Crippen LogP contribution in [0.1, 0.15) is 23.8 Å². The summed E-state index contributed by atoms with van der Waals surface area (Å²) in [6.45, 7) is 2.68. The Balaban J connectivity index is 2.17. The van der Waals surface area contributed by atoms with Crippen LogP contribution in [0.4, 0.5) is 5.69 Å². The molecule has 2 rings (SSSR count). The number of carboxylic acid groups (broad SMARTS) is 1. The maximum Gasteiger partial charge on any atom is 0.356 e. The van der Waals surface area contributed by atoms with Crippen LogP contribution in [0.25, 0.3) is 0 Å². The lowest BCUT2D eigenvalue weighted by molar-refractivity contribution is 0.0691. The highest BCUT2D eigenvalue weighted by Gasteiger charge is 2.25. The van der Waals surface area contributed by atoms with E-state index in [4.69, 9.17) is 9.84 Å². The van der Waals surface area contributed by atoms with E-state index in [-0.39, 0.29) is 17.8 Å². The molecule has 0 radical (unpaired) electrons. The third-order valence-electron chi connectivity index (χ3n) is 2.73. The van der Waals surface area contributed by atoms with Gasteiger partial charge in [0.05, 0.1) is 17.8 Å². The smallest absolute Gasteiger partial charge is 0.356 e. The zero-order chi connectivity index (χ0) is 11.5. The molecule has 0 spiro atoms. The number of carbonyl (C=O) groups is 1. The van der Waals surface area contributed by atoms with Gasteiger partial charge in [0.1, 0.15) is 0 Å². The quantitative estimate of drug-likeness (QED) is 0.808. The van der Waals surface area contributed by atoms with Gasteiger partial charge in [-0.3, -0.25) is 0 Å². The second-order valence-corrected chi connectivity index (χ2v) is 3.82. The van der Waals surface area contributed by atoms with Gasteiger partial charge in [-0.25, -0.2) is 9.78 Å². The Labute approximate surface area is 93.5 Å². The van der Waals surface area contributed by atoms with E-state index in [9.17, 15) is 4.79 Å². The van der Waals surface area contributed by atoms with E-state index in [1.54, 1.807) is 12.1 Å². The second-order valence-electron chi connectivity index (χ2n) is 3.82. The molecule has 2 atom stereocenters. The van der Waals surface area contributed by atoms with Crippen LogP contribution in [0.3, 0.4) is 0 Å². The summed E-state index contributed by atoms with van der Waals surface area (Å²) in [6.07, 6.45) is 2.46. The molecule has 5 nitrogen and oxygen atoms in total. The van der Waals surface area contributed by atoms with Crippen LogP contribution in [-0.2, 0) is 4.74 Å². The summed E-state index contributed by atoms with van der Waals surface area (Å²) in [7, 11) is 0. The van der Waals surface area contributed by atoms with Gasteiger partial charge in [-0.2, -0.15) is 0 Å². The van der Waals surface area contributed by atoms with Crippen LogP contribution in [0.2, 0.25) is 0 Å². The molecule has 86 valence electrons. The number of hydrogen-bond donors (Lipinski definition) is 2. The van der Waals surface area contributed by atoms with Gasteiger partial charge in [-0.15, -0.1) is 0 Å². The number of aromatic carboxylic acids is 1. The minimum absolute atomic E-state index is 0.0570. The third kappa shape index (κ3) is 2.14. The normalized spacial score (nSPS) is 24.3. The molecule has 1 aromatic heterocycles. The van der Waals surface area contributed by atoms with Crippen LogP contribution in [0.5, 0.6) is 0 Å². The molecule has 2 heterocycles.